The summed E-state index contributed by atoms with van der Waals surface area (Å²) in [6.45, 7) is 1.65. The highest BCUT2D eigenvalue weighted by Gasteiger charge is 2.24. The van der Waals surface area contributed by atoms with Crippen molar-refractivity contribution >= 4 is 28.2 Å². The van der Waals surface area contributed by atoms with Gasteiger partial charge < -0.3 is 15.2 Å². The van der Waals surface area contributed by atoms with Gasteiger partial charge in [-0.1, -0.05) is 19.1 Å². The van der Waals surface area contributed by atoms with Gasteiger partial charge in [0, 0.05) is 4.88 Å². The largest absolute Gasteiger partial charge is 0.452 e. The summed E-state index contributed by atoms with van der Waals surface area (Å²) in [6.07, 6.45) is 2.81. The van der Waals surface area contributed by atoms with Crippen molar-refractivity contribution in [1.29, 1.82) is 5.26 Å². The van der Waals surface area contributed by atoms with Crippen LogP contribution in [-0.2, 0) is 29.0 Å². The first-order valence-electron chi connectivity index (χ1n) is 8.73. The molecular formula is C20H20N2O4S. The van der Waals surface area contributed by atoms with Crippen molar-refractivity contribution in [2.45, 2.75) is 32.8 Å². The van der Waals surface area contributed by atoms with E-state index in [1.165, 1.54) is 23.5 Å². The van der Waals surface area contributed by atoms with Crippen molar-refractivity contribution < 1.29 is 19.4 Å². The van der Waals surface area contributed by atoms with Crippen LogP contribution in [0.3, 0.4) is 0 Å². The molecule has 1 amide bonds. The number of thiophene rings is 1. The van der Waals surface area contributed by atoms with Gasteiger partial charge in [0.15, 0.2) is 6.61 Å². The molecule has 1 aromatic heterocycles. The molecule has 0 saturated carbocycles. The van der Waals surface area contributed by atoms with Gasteiger partial charge in [0.2, 0.25) is 0 Å². The summed E-state index contributed by atoms with van der Waals surface area (Å²) >= 11 is 1.43. The van der Waals surface area contributed by atoms with Gasteiger partial charge >= 0.3 is 5.97 Å². The second-order valence-electron chi connectivity index (χ2n) is 6.65. The first kappa shape index (κ1) is 19.1. The maximum Gasteiger partial charge on any atom is 0.338 e. The fourth-order valence-electron chi connectivity index (χ4n) is 3.08. The minimum Gasteiger partial charge on any atom is -0.452 e. The molecule has 1 heterocycles. The molecular weight excluding hydrogens is 364 g/mol. The maximum atomic E-state index is 12.2. The predicted octanol–water partition coefficient (Wildman–Crippen LogP) is 3.03. The molecule has 7 heteroatoms. The summed E-state index contributed by atoms with van der Waals surface area (Å²) in [5.41, 5.74) is 2.56. The number of carbonyl (C=O) groups is 2. The molecule has 1 aromatic carbocycles. The van der Waals surface area contributed by atoms with Crippen molar-refractivity contribution in [3.63, 3.8) is 0 Å². The number of nitriles is 1. The number of fused-ring (bicyclic) bond motifs is 1. The second kappa shape index (κ2) is 8.33. The Hall–Kier alpha value is -2.69. The molecule has 0 radical (unpaired) electrons. The molecule has 27 heavy (non-hydrogen) atoms. The summed E-state index contributed by atoms with van der Waals surface area (Å²) in [7, 11) is 0. The van der Waals surface area contributed by atoms with E-state index in [4.69, 9.17) is 9.84 Å². The van der Waals surface area contributed by atoms with Gasteiger partial charge in [-0.15, -0.1) is 11.3 Å². The van der Waals surface area contributed by atoms with E-state index in [0.29, 0.717) is 27.6 Å². The van der Waals surface area contributed by atoms with Crippen molar-refractivity contribution in [2.75, 3.05) is 11.9 Å². The zero-order valence-corrected chi connectivity index (χ0v) is 15.8. The second-order valence-corrected chi connectivity index (χ2v) is 7.75. The van der Waals surface area contributed by atoms with Gasteiger partial charge in [-0.25, -0.2) is 4.79 Å². The quantitative estimate of drug-likeness (QED) is 0.772. The first-order valence-corrected chi connectivity index (χ1v) is 9.55. The van der Waals surface area contributed by atoms with Crippen molar-refractivity contribution in [3.8, 4) is 6.07 Å². The molecule has 0 unspecified atom stereocenters. The lowest BCUT2D eigenvalue weighted by molar-refractivity contribution is -0.119. The molecule has 0 saturated heterocycles. The third kappa shape index (κ3) is 4.35. The molecule has 2 N–H and O–H groups in total. The Balaban J connectivity index is 1.61. The van der Waals surface area contributed by atoms with Crippen LogP contribution in [0, 0.1) is 17.2 Å². The first-order chi connectivity index (χ1) is 13.0. The Kier molecular flexibility index (Phi) is 5.89. The topological polar surface area (TPSA) is 99.4 Å². The van der Waals surface area contributed by atoms with Crippen molar-refractivity contribution in [2.24, 2.45) is 5.92 Å². The monoisotopic (exact) mass is 384 g/mol. The minimum absolute atomic E-state index is 0.109. The lowest BCUT2D eigenvalue weighted by Crippen LogP contribution is -2.21. The Labute approximate surface area is 161 Å². The average molecular weight is 384 g/mol. The summed E-state index contributed by atoms with van der Waals surface area (Å²) in [5.74, 6) is -0.516. The van der Waals surface area contributed by atoms with Crippen molar-refractivity contribution in [1.82, 2.24) is 0 Å². The molecule has 140 valence electrons. The summed E-state index contributed by atoms with van der Waals surface area (Å²) < 4.78 is 5.04. The predicted molar refractivity (Wildman–Crippen MR) is 102 cm³/mol. The van der Waals surface area contributed by atoms with E-state index in [1.54, 1.807) is 12.1 Å². The third-order valence-electron chi connectivity index (χ3n) is 4.58. The van der Waals surface area contributed by atoms with Crippen LogP contribution in [0.2, 0.25) is 0 Å². The highest BCUT2D eigenvalue weighted by Crippen LogP contribution is 2.39. The van der Waals surface area contributed by atoms with Crippen LogP contribution >= 0.6 is 11.3 Å². The fourth-order valence-corrected chi connectivity index (χ4v) is 4.46. The Morgan fingerprint density at radius 2 is 2.11 bits per heavy atom. The van der Waals surface area contributed by atoms with Crippen LogP contribution in [0.4, 0.5) is 5.00 Å². The third-order valence-corrected chi connectivity index (χ3v) is 5.75. The van der Waals surface area contributed by atoms with E-state index >= 15 is 0 Å². The molecule has 1 aliphatic rings. The Bertz CT molecular complexity index is 896. The zero-order valence-electron chi connectivity index (χ0n) is 14.9. The molecule has 1 aliphatic carbocycles. The van der Waals surface area contributed by atoms with E-state index < -0.39 is 18.5 Å². The number of nitrogens with zero attached hydrogens (tertiary/aromatic N) is 1. The lowest BCUT2D eigenvalue weighted by atomic mass is 9.89. The van der Waals surface area contributed by atoms with Gasteiger partial charge in [0.05, 0.1) is 17.7 Å². The summed E-state index contributed by atoms with van der Waals surface area (Å²) in [4.78, 5) is 25.3. The van der Waals surface area contributed by atoms with E-state index in [0.717, 1.165) is 29.7 Å². The molecule has 3 rings (SSSR count). The van der Waals surface area contributed by atoms with Gasteiger partial charge in [-0.2, -0.15) is 5.26 Å². The molecule has 0 bridgehead atoms. The molecule has 2 aromatic rings. The SMILES string of the molecule is C[C@@H]1CCc2c(sc(NC(=O)COC(=O)c3ccc(CO)cc3)c2C#N)C1. The van der Waals surface area contributed by atoms with Crippen LogP contribution in [0.25, 0.3) is 0 Å². The number of ether oxygens (including phenoxy) is 1. The number of rotatable bonds is 5. The van der Waals surface area contributed by atoms with Crippen LogP contribution in [0.5, 0.6) is 0 Å². The molecule has 0 aliphatic heterocycles. The average Bonchev–Trinajstić information content (AvgIpc) is 3.01. The molecule has 0 spiro atoms. The smallest absolute Gasteiger partial charge is 0.338 e. The molecule has 0 fully saturated rings. The van der Waals surface area contributed by atoms with Crippen LogP contribution in [-0.4, -0.2) is 23.6 Å². The number of carbonyl (C=O) groups excluding carboxylic acids is 2. The van der Waals surface area contributed by atoms with Crippen LogP contribution < -0.4 is 5.32 Å². The number of amides is 1. The van der Waals surface area contributed by atoms with E-state index in [2.05, 4.69) is 18.3 Å². The number of nitrogens with one attached hydrogen (secondary N) is 1. The number of hydrogen-bond donors (Lipinski definition) is 2. The number of aliphatic hydroxyl groups excluding tert-OH is 1. The minimum atomic E-state index is -0.616. The van der Waals surface area contributed by atoms with Crippen LogP contribution in [0.15, 0.2) is 24.3 Å². The van der Waals surface area contributed by atoms with E-state index in [1.807, 2.05) is 0 Å². The number of benzene rings is 1. The normalized spacial score (nSPS) is 15.5. The summed E-state index contributed by atoms with van der Waals surface area (Å²) in [6, 6.07) is 8.50. The van der Waals surface area contributed by atoms with Gasteiger partial charge in [0.25, 0.3) is 5.91 Å². The highest BCUT2D eigenvalue weighted by molar-refractivity contribution is 7.16. The highest BCUT2D eigenvalue weighted by atomic mass is 32.1. The maximum absolute atomic E-state index is 12.2. The summed E-state index contributed by atoms with van der Waals surface area (Å²) in [5, 5.41) is 21.7. The fraction of sp³-hybridized carbons (Fsp3) is 0.350. The van der Waals surface area contributed by atoms with Gasteiger partial charge in [0.1, 0.15) is 11.1 Å². The molecule has 6 nitrogen and oxygen atoms in total. The number of hydrogen-bond acceptors (Lipinski definition) is 6. The van der Waals surface area contributed by atoms with E-state index in [-0.39, 0.29) is 6.61 Å². The van der Waals surface area contributed by atoms with Crippen LogP contribution in [0.1, 0.15) is 45.3 Å². The van der Waals surface area contributed by atoms with E-state index in [9.17, 15) is 14.9 Å². The Morgan fingerprint density at radius 3 is 2.78 bits per heavy atom. The lowest BCUT2D eigenvalue weighted by Gasteiger charge is -2.17. The Morgan fingerprint density at radius 1 is 1.37 bits per heavy atom. The van der Waals surface area contributed by atoms with Crippen molar-refractivity contribution in [3.05, 3.63) is 51.4 Å². The zero-order chi connectivity index (χ0) is 19.4. The number of aliphatic hydroxyl groups is 1. The number of esters is 1. The standard InChI is InChI=1S/C20H20N2O4S/c1-12-2-7-15-16(9-21)19(27-17(15)8-12)22-18(24)11-26-20(25)14-5-3-13(10-23)4-6-14/h3-6,12,23H,2,7-8,10-11H2,1H3,(H,22,24)/t12-/m1/s1. The number of anilines is 1. The van der Waals surface area contributed by atoms with Gasteiger partial charge in [-0.3, -0.25) is 4.79 Å². The molecule has 1 atom stereocenters. The van der Waals surface area contributed by atoms with Gasteiger partial charge in [-0.05, 0) is 48.4 Å².